The van der Waals surface area contributed by atoms with Gasteiger partial charge in [0.05, 0.1) is 12.0 Å². The van der Waals surface area contributed by atoms with Crippen molar-refractivity contribution in [1.29, 1.82) is 0 Å². The van der Waals surface area contributed by atoms with Gasteiger partial charge >= 0.3 is 0 Å². The molecule has 0 aliphatic carbocycles. The van der Waals surface area contributed by atoms with Crippen LogP contribution in [-0.2, 0) is 0 Å². The van der Waals surface area contributed by atoms with Gasteiger partial charge in [-0.3, -0.25) is 4.79 Å². The van der Waals surface area contributed by atoms with E-state index in [9.17, 15) is 4.79 Å². The fourth-order valence-corrected chi connectivity index (χ4v) is 3.66. The molecule has 3 heterocycles. The highest BCUT2D eigenvalue weighted by atomic mass is 32.1. The predicted octanol–water partition coefficient (Wildman–Crippen LogP) is 2.81. The number of ether oxygens (including phenoxy) is 1. The molecule has 1 amide bonds. The molecule has 0 bridgehead atoms. The van der Waals surface area contributed by atoms with Crippen molar-refractivity contribution >= 4 is 23.1 Å². The number of nitrogens with zero attached hydrogens (tertiary/aromatic N) is 3. The molecule has 3 rings (SSSR count). The summed E-state index contributed by atoms with van der Waals surface area (Å²) in [5.41, 5.74) is 1.01. The minimum Gasteiger partial charge on any atom is -0.496 e. The normalized spacial score (nSPS) is 18.1. The van der Waals surface area contributed by atoms with Gasteiger partial charge in [-0.25, -0.2) is 4.98 Å². The number of methoxy groups -OCH3 is 1. The molecule has 1 aliphatic heterocycles. The van der Waals surface area contributed by atoms with Gasteiger partial charge in [-0.05, 0) is 26.0 Å². The van der Waals surface area contributed by atoms with Crippen LogP contribution < -0.4 is 9.64 Å². The summed E-state index contributed by atoms with van der Waals surface area (Å²) in [5, 5.41) is 1.87. The first-order valence-electron chi connectivity index (χ1n) is 7.70. The van der Waals surface area contributed by atoms with E-state index in [1.165, 1.54) is 11.3 Å². The molecule has 5 nitrogen and oxygen atoms in total. The van der Waals surface area contributed by atoms with Crippen molar-refractivity contribution in [2.75, 3.05) is 31.6 Å². The number of hydrogen-bond donors (Lipinski definition) is 0. The molecule has 122 valence electrons. The van der Waals surface area contributed by atoms with E-state index in [1.807, 2.05) is 41.5 Å². The Bertz CT molecular complexity index is 701. The molecule has 6 heteroatoms. The zero-order valence-electron chi connectivity index (χ0n) is 13.7. The Hall–Kier alpha value is -2.08. The maximum Gasteiger partial charge on any atom is 0.264 e. The van der Waals surface area contributed by atoms with Gasteiger partial charge in [0.1, 0.15) is 11.6 Å². The van der Waals surface area contributed by atoms with Gasteiger partial charge in [0.15, 0.2) is 0 Å². The number of pyridine rings is 1. The zero-order chi connectivity index (χ0) is 16.4. The fraction of sp³-hybridized carbons (Fsp3) is 0.412. The molecule has 2 aromatic rings. The Labute approximate surface area is 140 Å². The van der Waals surface area contributed by atoms with Crippen LogP contribution in [0.5, 0.6) is 5.75 Å². The van der Waals surface area contributed by atoms with E-state index >= 15 is 0 Å². The van der Waals surface area contributed by atoms with Crippen LogP contribution in [-0.4, -0.2) is 48.6 Å². The predicted molar refractivity (Wildman–Crippen MR) is 92.6 cm³/mol. The Morgan fingerprint density at radius 2 is 2.22 bits per heavy atom. The number of thiophene rings is 1. The summed E-state index contributed by atoms with van der Waals surface area (Å²) < 4.78 is 5.17. The van der Waals surface area contributed by atoms with Crippen molar-refractivity contribution in [3.63, 3.8) is 0 Å². The summed E-state index contributed by atoms with van der Waals surface area (Å²) in [6.45, 7) is 6.39. The van der Waals surface area contributed by atoms with E-state index < -0.39 is 0 Å². The molecule has 2 aromatic heterocycles. The molecule has 0 unspecified atom stereocenters. The molecular formula is C17H21N3O2S. The van der Waals surface area contributed by atoms with Gasteiger partial charge in [0.2, 0.25) is 0 Å². The lowest BCUT2D eigenvalue weighted by Crippen LogP contribution is -2.54. The topological polar surface area (TPSA) is 45.7 Å². The fourth-order valence-electron chi connectivity index (χ4n) is 2.85. The number of hydrogen-bond acceptors (Lipinski definition) is 5. The molecule has 1 saturated heterocycles. The van der Waals surface area contributed by atoms with E-state index in [2.05, 4.69) is 16.8 Å². The van der Waals surface area contributed by atoms with Crippen molar-refractivity contribution in [2.24, 2.45) is 0 Å². The molecule has 0 N–H and O–H groups in total. The third-order valence-electron chi connectivity index (χ3n) is 4.11. The molecule has 0 spiro atoms. The Morgan fingerprint density at radius 1 is 1.39 bits per heavy atom. The van der Waals surface area contributed by atoms with Crippen LogP contribution in [0.25, 0.3) is 0 Å². The number of carbonyl (C=O) groups excluding carboxylic acids is 1. The minimum absolute atomic E-state index is 0.0858. The van der Waals surface area contributed by atoms with Crippen molar-refractivity contribution in [2.45, 2.75) is 19.9 Å². The lowest BCUT2D eigenvalue weighted by atomic mass is 10.1. The quantitative estimate of drug-likeness (QED) is 0.868. The van der Waals surface area contributed by atoms with Gasteiger partial charge in [0.25, 0.3) is 5.91 Å². The standard InChI is InChI=1S/C17H21N3O2S/c1-12-5-4-6-16(18-12)19-7-8-20(13(2)10-19)17(21)15-9-14(22-3)11-23-15/h4-6,9,11,13H,7-8,10H2,1-3H3/t13-/m0/s1. The molecule has 0 saturated carbocycles. The molecule has 1 fully saturated rings. The van der Waals surface area contributed by atoms with E-state index in [4.69, 9.17) is 4.74 Å². The number of aryl methyl sites for hydroxylation is 1. The highest BCUT2D eigenvalue weighted by Crippen LogP contribution is 2.25. The Morgan fingerprint density at radius 3 is 2.87 bits per heavy atom. The number of carbonyl (C=O) groups is 1. The van der Waals surface area contributed by atoms with Crippen LogP contribution in [0.15, 0.2) is 29.6 Å². The highest BCUT2D eigenvalue weighted by Gasteiger charge is 2.29. The molecule has 23 heavy (non-hydrogen) atoms. The number of piperazine rings is 1. The van der Waals surface area contributed by atoms with Gasteiger partial charge < -0.3 is 14.5 Å². The van der Waals surface area contributed by atoms with Crippen molar-refractivity contribution in [1.82, 2.24) is 9.88 Å². The largest absolute Gasteiger partial charge is 0.496 e. The van der Waals surface area contributed by atoms with Crippen LogP contribution in [0.1, 0.15) is 22.3 Å². The summed E-state index contributed by atoms with van der Waals surface area (Å²) >= 11 is 1.43. The molecule has 0 radical (unpaired) electrons. The molecule has 0 aromatic carbocycles. The highest BCUT2D eigenvalue weighted by molar-refractivity contribution is 7.12. The maximum atomic E-state index is 12.7. The molecule has 1 atom stereocenters. The van der Waals surface area contributed by atoms with E-state index in [0.29, 0.717) is 6.54 Å². The minimum atomic E-state index is 0.0858. The van der Waals surface area contributed by atoms with Crippen molar-refractivity contribution in [3.05, 3.63) is 40.2 Å². The third kappa shape index (κ3) is 3.32. The zero-order valence-corrected chi connectivity index (χ0v) is 14.5. The van der Waals surface area contributed by atoms with Crippen LogP contribution in [0, 0.1) is 6.92 Å². The number of aromatic nitrogens is 1. The van der Waals surface area contributed by atoms with Crippen LogP contribution in [0.4, 0.5) is 5.82 Å². The van der Waals surface area contributed by atoms with Gasteiger partial charge in [-0.15, -0.1) is 11.3 Å². The summed E-state index contributed by atoms with van der Waals surface area (Å²) in [6, 6.07) is 8.01. The summed E-state index contributed by atoms with van der Waals surface area (Å²) in [4.78, 5) is 22.2. The summed E-state index contributed by atoms with van der Waals surface area (Å²) in [7, 11) is 1.62. The first-order valence-corrected chi connectivity index (χ1v) is 8.58. The summed E-state index contributed by atoms with van der Waals surface area (Å²) in [6.07, 6.45) is 0. The second kappa shape index (κ2) is 6.58. The van der Waals surface area contributed by atoms with Crippen molar-refractivity contribution in [3.8, 4) is 5.75 Å². The van der Waals surface area contributed by atoms with Crippen LogP contribution >= 0.6 is 11.3 Å². The summed E-state index contributed by atoms with van der Waals surface area (Å²) in [5.74, 6) is 1.82. The average molecular weight is 331 g/mol. The van der Waals surface area contributed by atoms with E-state index in [1.54, 1.807) is 7.11 Å². The molecule has 1 aliphatic rings. The van der Waals surface area contributed by atoms with Crippen LogP contribution in [0.2, 0.25) is 0 Å². The lowest BCUT2D eigenvalue weighted by Gasteiger charge is -2.40. The SMILES string of the molecule is COc1csc(C(=O)N2CCN(c3cccc(C)n3)C[C@@H]2C)c1. The monoisotopic (exact) mass is 331 g/mol. The van der Waals surface area contributed by atoms with E-state index in [0.717, 1.165) is 35.2 Å². The average Bonchev–Trinajstić information content (AvgIpc) is 3.03. The Kier molecular flexibility index (Phi) is 4.52. The van der Waals surface area contributed by atoms with Gasteiger partial charge in [-0.1, -0.05) is 6.07 Å². The smallest absolute Gasteiger partial charge is 0.264 e. The molecular weight excluding hydrogens is 310 g/mol. The second-order valence-electron chi connectivity index (χ2n) is 5.78. The second-order valence-corrected chi connectivity index (χ2v) is 6.69. The first-order chi connectivity index (χ1) is 11.1. The Balaban J connectivity index is 1.70. The van der Waals surface area contributed by atoms with Gasteiger partial charge in [-0.2, -0.15) is 0 Å². The maximum absolute atomic E-state index is 12.7. The van der Waals surface area contributed by atoms with Crippen LogP contribution in [0.3, 0.4) is 0 Å². The number of anilines is 1. The van der Waals surface area contributed by atoms with Crippen molar-refractivity contribution < 1.29 is 9.53 Å². The first kappa shape index (κ1) is 15.8. The number of amides is 1. The van der Waals surface area contributed by atoms with Gasteiger partial charge in [0, 0.05) is 42.8 Å². The number of rotatable bonds is 3. The van der Waals surface area contributed by atoms with E-state index in [-0.39, 0.29) is 11.9 Å². The third-order valence-corrected chi connectivity index (χ3v) is 5.00. The lowest BCUT2D eigenvalue weighted by molar-refractivity contribution is 0.0678.